The molecule has 0 atom stereocenters. The van der Waals surface area contributed by atoms with Gasteiger partial charge in [-0.3, -0.25) is 4.79 Å². The molecule has 0 aliphatic heterocycles. The van der Waals surface area contributed by atoms with Crippen LogP contribution in [0.1, 0.15) is 0 Å². The third kappa shape index (κ3) is 1.94. The number of nitrogen functional groups attached to an aromatic ring is 2. The van der Waals surface area contributed by atoms with E-state index >= 15 is 0 Å². The Labute approximate surface area is 117 Å². The lowest BCUT2D eigenvalue weighted by molar-refractivity contribution is 1.12. The van der Waals surface area contributed by atoms with Crippen molar-refractivity contribution in [3.63, 3.8) is 0 Å². The number of fused-ring (bicyclic) bond motifs is 1. The maximum Gasteiger partial charge on any atom is 0.259 e. The van der Waals surface area contributed by atoms with Crippen LogP contribution in [0.25, 0.3) is 22.4 Å². The molecule has 0 fully saturated rings. The number of benzene rings is 1. The molecule has 1 aromatic carbocycles. The normalized spacial score (nSPS) is 10.8. The molecule has 0 radical (unpaired) electrons. The zero-order valence-corrected chi connectivity index (χ0v) is 10.8. The molecule has 100 valence electrons. The molecule has 3 aromatic rings. The van der Waals surface area contributed by atoms with Gasteiger partial charge in [0, 0.05) is 0 Å². The number of hydrogen-bond donors (Lipinski definition) is 3. The van der Waals surface area contributed by atoms with Gasteiger partial charge in [0.15, 0.2) is 5.82 Å². The Morgan fingerprint density at radius 1 is 1.10 bits per heavy atom. The van der Waals surface area contributed by atoms with Gasteiger partial charge in [-0.2, -0.15) is 4.98 Å². The van der Waals surface area contributed by atoms with Crippen molar-refractivity contribution in [2.75, 3.05) is 11.5 Å². The minimum Gasteiger partial charge on any atom is -0.382 e. The van der Waals surface area contributed by atoms with Crippen LogP contribution >= 0.6 is 11.6 Å². The summed E-state index contributed by atoms with van der Waals surface area (Å²) in [5, 5.41) is 0.569. The van der Waals surface area contributed by atoms with E-state index in [4.69, 9.17) is 23.1 Å². The van der Waals surface area contributed by atoms with Crippen molar-refractivity contribution in [1.82, 2.24) is 19.9 Å². The zero-order chi connectivity index (χ0) is 14.3. The molecule has 0 spiro atoms. The zero-order valence-electron chi connectivity index (χ0n) is 10.1. The number of nitrogens with one attached hydrogen (secondary N) is 1. The smallest absolute Gasteiger partial charge is 0.259 e. The fourth-order valence-electron chi connectivity index (χ4n) is 1.84. The summed E-state index contributed by atoms with van der Waals surface area (Å²) < 4.78 is 0. The van der Waals surface area contributed by atoms with Gasteiger partial charge < -0.3 is 16.5 Å². The molecule has 7 nitrogen and oxygen atoms in total. The highest BCUT2D eigenvalue weighted by molar-refractivity contribution is 6.35. The Balaban J connectivity index is 2.33. The maximum absolute atomic E-state index is 12.0. The van der Waals surface area contributed by atoms with Crippen LogP contribution in [0.15, 0.2) is 29.1 Å². The fourth-order valence-corrected chi connectivity index (χ4v) is 2.01. The topological polar surface area (TPSA) is 124 Å². The molecule has 0 saturated heterocycles. The first-order valence-corrected chi connectivity index (χ1v) is 6.02. The van der Waals surface area contributed by atoms with Crippen molar-refractivity contribution in [3.8, 4) is 11.5 Å². The van der Waals surface area contributed by atoms with Gasteiger partial charge >= 0.3 is 0 Å². The van der Waals surface area contributed by atoms with Gasteiger partial charge in [0.1, 0.15) is 16.5 Å². The monoisotopic (exact) mass is 288 g/mol. The van der Waals surface area contributed by atoms with Gasteiger partial charge in [0.25, 0.3) is 5.56 Å². The predicted octanol–water partition coefficient (Wildman–Crippen LogP) is 1.20. The van der Waals surface area contributed by atoms with Crippen LogP contribution in [0, 0.1) is 0 Å². The second-order valence-electron chi connectivity index (χ2n) is 4.06. The van der Waals surface area contributed by atoms with Crippen LogP contribution in [0.4, 0.5) is 11.8 Å². The molecular formula is C12H9ClN6O. The van der Waals surface area contributed by atoms with Crippen LogP contribution in [-0.2, 0) is 0 Å². The number of hydrogen-bond acceptors (Lipinski definition) is 6. The van der Waals surface area contributed by atoms with Crippen LogP contribution in [0.2, 0.25) is 5.02 Å². The molecule has 0 unspecified atom stereocenters. The van der Waals surface area contributed by atoms with E-state index in [1.807, 2.05) is 0 Å². The van der Waals surface area contributed by atoms with Crippen LogP contribution < -0.4 is 17.0 Å². The lowest BCUT2D eigenvalue weighted by atomic mass is 10.2. The summed E-state index contributed by atoms with van der Waals surface area (Å²) in [7, 11) is 0. The van der Waals surface area contributed by atoms with Crippen molar-refractivity contribution < 1.29 is 0 Å². The summed E-state index contributed by atoms with van der Waals surface area (Å²) >= 11 is 6.04. The summed E-state index contributed by atoms with van der Waals surface area (Å²) in [4.78, 5) is 26.6. The minimum atomic E-state index is -0.294. The highest BCUT2D eigenvalue weighted by atomic mass is 35.5. The molecule has 0 saturated carbocycles. The van der Waals surface area contributed by atoms with Crippen molar-refractivity contribution in [3.05, 3.63) is 39.6 Å². The Bertz CT molecular complexity index is 875. The molecule has 5 N–H and O–H groups in total. The molecule has 0 bridgehead atoms. The number of para-hydroxylation sites is 1. The number of nitrogens with two attached hydrogens (primary N) is 2. The summed E-state index contributed by atoms with van der Waals surface area (Å²) in [6, 6.07) is 6.93. The van der Waals surface area contributed by atoms with Gasteiger partial charge in [-0.15, -0.1) is 0 Å². The maximum atomic E-state index is 12.0. The molecule has 20 heavy (non-hydrogen) atoms. The van der Waals surface area contributed by atoms with Gasteiger partial charge in [-0.1, -0.05) is 23.7 Å². The molecule has 0 aliphatic rings. The lowest BCUT2D eigenvalue weighted by Crippen LogP contribution is -2.11. The molecule has 2 aromatic heterocycles. The highest BCUT2D eigenvalue weighted by Gasteiger charge is 2.14. The minimum absolute atomic E-state index is 0.0324. The number of rotatable bonds is 1. The Hall–Kier alpha value is -2.67. The summed E-state index contributed by atoms with van der Waals surface area (Å²) in [5.41, 5.74) is 11.6. The van der Waals surface area contributed by atoms with Crippen molar-refractivity contribution in [1.29, 1.82) is 0 Å². The van der Waals surface area contributed by atoms with E-state index in [1.165, 1.54) is 0 Å². The Morgan fingerprint density at radius 3 is 2.65 bits per heavy atom. The summed E-state index contributed by atoms with van der Waals surface area (Å²) in [6.07, 6.45) is 0. The number of aromatic nitrogens is 4. The third-order valence-corrected chi connectivity index (χ3v) is 3.10. The first-order chi connectivity index (χ1) is 9.56. The van der Waals surface area contributed by atoms with Crippen LogP contribution in [-0.4, -0.2) is 19.9 Å². The van der Waals surface area contributed by atoms with Gasteiger partial charge in [-0.05, 0) is 12.1 Å². The number of nitrogens with zero attached hydrogens (tertiary/aromatic N) is 3. The molecule has 3 rings (SSSR count). The van der Waals surface area contributed by atoms with E-state index in [2.05, 4.69) is 19.9 Å². The second kappa shape index (κ2) is 4.46. The molecule has 8 heteroatoms. The number of anilines is 2. The van der Waals surface area contributed by atoms with Gasteiger partial charge in [0.2, 0.25) is 5.95 Å². The molecule has 0 amide bonds. The largest absolute Gasteiger partial charge is 0.382 e. The molecule has 0 aliphatic carbocycles. The van der Waals surface area contributed by atoms with E-state index in [1.54, 1.807) is 24.3 Å². The predicted molar refractivity (Wildman–Crippen MR) is 77.2 cm³/mol. The van der Waals surface area contributed by atoms with E-state index in [0.717, 1.165) is 0 Å². The average molecular weight is 289 g/mol. The number of H-pyrrole nitrogens is 1. The highest BCUT2D eigenvalue weighted by Crippen LogP contribution is 2.27. The van der Waals surface area contributed by atoms with Gasteiger partial charge in [0.05, 0.1) is 10.9 Å². The Kier molecular flexibility index (Phi) is 2.76. The SMILES string of the molecule is Nc1nc(N)c(Cl)c(-c2nc3ccccc3c(=O)[nH]2)n1. The van der Waals surface area contributed by atoms with E-state index < -0.39 is 0 Å². The van der Waals surface area contributed by atoms with Gasteiger partial charge in [-0.25, -0.2) is 9.97 Å². The lowest BCUT2D eigenvalue weighted by Gasteiger charge is -2.06. The standard InChI is InChI=1S/C12H9ClN6O/c13-7-8(17-12(15)18-9(7)14)10-16-6-4-2-1-3-5(6)11(20)19-10/h1-4H,(H,16,19,20)(H4,14,15,17,18). The number of halogens is 1. The molecule has 2 heterocycles. The third-order valence-electron chi connectivity index (χ3n) is 2.73. The second-order valence-corrected chi connectivity index (χ2v) is 4.44. The quantitative estimate of drug-likeness (QED) is 0.618. The van der Waals surface area contributed by atoms with E-state index in [-0.39, 0.29) is 33.9 Å². The first-order valence-electron chi connectivity index (χ1n) is 5.64. The van der Waals surface area contributed by atoms with Crippen molar-refractivity contribution >= 4 is 34.3 Å². The average Bonchev–Trinajstić information content (AvgIpc) is 2.43. The summed E-state index contributed by atoms with van der Waals surface area (Å²) in [6.45, 7) is 0. The van der Waals surface area contributed by atoms with E-state index in [9.17, 15) is 4.79 Å². The van der Waals surface area contributed by atoms with Crippen molar-refractivity contribution in [2.45, 2.75) is 0 Å². The van der Waals surface area contributed by atoms with Crippen molar-refractivity contribution in [2.24, 2.45) is 0 Å². The first kappa shape index (κ1) is 12.4. The fraction of sp³-hybridized carbons (Fsp3) is 0. The Morgan fingerprint density at radius 2 is 1.85 bits per heavy atom. The van der Waals surface area contributed by atoms with E-state index in [0.29, 0.717) is 10.9 Å². The summed E-state index contributed by atoms with van der Waals surface area (Å²) in [5.74, 6) is 0.183. The number of aromatic amines is 1. The molecular weight excluding hydrogens is 280 g/mol. The van der Waals surface area contributed by atoms with Crippen LogP contribution in [0.3, 0.4) is 0 Å². The van der Waals surface area contributed by atoms with Crippen LogP contribution in [0.5, 0.6) is 0 Å².